The third-order valence-electron chi connectivity index (χ3n) is 4.67. The van der Waals surface area contributed by atoms with E-state index in [1.807, 2.05) is 13.8 Å². The number of hydrogen-bond donors (Lipinski definition) is 2. The van der Waals surface area contributed by atoms with Gasteiger partial charge in [0.25, 0.3) is 0 Å². The van der Waals surface area contributed by atoms with Crippen LogP contribution in [-0.2, 0) is 9.59 Å². The average molecular weight is 268 g/mol. The Morgan fingerprint density at radius 2 is 2.00 bits per heavy atom. The maximum absolute atomic E-state index is 12.7. The first-order valence-electron chi connectivity index (χ1n) is 7.19. The highest BCUT2D eigenvalue weighted by molar-refractivity contribution is 5.87. The first-order valence-corrected chi connectivity index (χ1v) is 7.19. The van der Waals surface area contributed by atoms with Crippen molar-refractivity contribution in [2.45, 2.75) is 45.6 Å². The Morgan fingerprint density at radius 1 is 1.26 bits per heavy atom. The van der Waals surface area contributed by atoms with Gasteiger partial charge in [0, 0.05) is 12.0 Å². The fourth-order valence-electron chi connectivity index (χ4n) is 3.28. The molecule has 2 unspecified atom stereocenters. The highest BCUT2D eigenvalue weighted by Gasteiger charge is 2.44. The number of likely N-dealkylation sites (tertiary alicyclic amines) is 1. The molecular formula is C14H24N2O3. The number of nitrogens with zero attached hydrogens (tertiary/aromatic N) is 1. The second kappa shape index (κ2) is 5.49. The molecular weight excluding hydrogens is 244 g/mol. The van der Waals surface area contributed by atoms with E-state index < -0.39 is 17.4 Å². The molecule has 2 atom stereocenters. The summed E-state index contributed by atoms with van der Waals surface area (Å²) in [5.41, 5.74) is -0.481. The van der Waals surface area contributed by atoms with Crippen LogP contribution in [0.25, 0.3) is 0 Å². The molecule has 0 saturated carbocycles. The molecule has 2 aliphatic heterocycles. The number of carboxylic acids is 1. The van der Waals surface area contributed by atoms with Gasteiger partial charge in [0.15, 0.2) is 0 Å². The number of amides is 1. The number of nitrogens with one attached hydrogen (secondary N) is 1. The normalized spacial score (nSPS) is 28.4. The fraction of sp³-hybridized carbons (Fsp3) is 0.857. The van der Waals surface area contributed by atoms with Crippen LogP contribution in [-0.4, -0.2) is 47.6 Å². The lowest BCUT2D eigenvalue weighted by atomic mass is 9.74. The first-order chi connectivity index (χ1) is 8.94. The third kappa shape index (κ3) is 2.76. The summed E-state index contributed by atoms with van der Waals surface area (Å²) in [5.74, 6) is -0.571. The molecule has 0 bridgehead atoms. The van der Waals surface area contributed by atoms with Gasteiger partial charge in [-0.25, -0.2) is 4.79 Å². The summed E-state index contributed by atoms with van der Waals surface area (Å²) >= 11 is 0. The lowest BCUT2D eigenvalue weighted by molar-refractivity contribution is -0.154. The maximum Gasteiger partial charge on any atom is 0.326 e. The van der Waals surface area contributed by atoms with Gasteiger partial charge in [-0.1, -0.05) is 13.8 Å². The van der Waals surface area contributed by atoms with E-state index in [0.29, 0.717) is 18.9 Å². The van der Waals surface area contributed by atoms with Crippen LogP contribution in [0.5, 0.6) is 0 Å². The van der Waals surface area contributed by atoms with Gasteiger partial charge >= 0.3 is 5.97 Å². The van der Waals surface area contributed by atoms with Crippen LogP contribution in [0.3, 0.4) is 0 Å². The van der Waals surface area contributed by atoms with E-state index in [9.17, 15) is 14.7 Å². The molecule has 5 nitrogen and oxygen atoms in total. The van der Waals surface area contributed by atoms with E-state index in [2.05, 4.69) is 5.32 Å². The minimum atomic E-state index is -0.872. The zero-order chi connectivity index (χ0) is 14.0. The third-order valence-corrected chi connectivity index (χ3v) is 4.67. The van der Waals surface area contributed by atoms with Crippen LogP contribution in [0, 0.1) is 11.3 Å². The predicted molar refractivity (Wildman–Crippen MR) is 71.7 cm³/mol. The Bertz CT molecular complexity index is 362. The molecule has 2 aliphatic rings. The standard InChI is InChI=1S/C14H24N2O3/c1-14(2,10-5-3-7-15-9-10)13(19)16-8-4-6-11(16)12(17)18/h10-11,15H,3-9H2,1-2H3,(H,17,18). The lowest BCUT2D eigenvalue weighted by Gasteiger charge is -2.39. The minimum absolute atomic E-state index is 0.00565. The fourth-order valence-corrected chi connectivity index (χ4v) is 3.28. The average Bonchev–Trinajstić information content (AvgIpc) is 2.88. The molecule has 0 aromatic heterocycles. The van der Waals surface area contributed by atoms with Gasteiger partial charge in [0.05, 0.1) is 0 Å². The van der Waals surface area contributed by atoms with Crippen molar-refractivity contribution in [3.05, 3.63) is 0 Å². The van der Waals surface area contributed by atoms with E-state index in [4.69, 9.17) is 0 Å². The van der Waals surface area contributed by atoms with Crippen molar-refractivity contribution < 1.29 is 14.7 Å². The Balaban J connectivity index is 2.10. The van der Waals surface area contributed by atoms with Crippen LogP contribution in [0.1, 0.15) is 39.5 Å². The van der Waals surface area contributed by atoms with Crippen molar-refractivity contribution in [3.8, 4) is 0 Å². The van der Waals surface area contributed by atoms with Crippen LogP contribution < -0.4 is 5.32 Å². The van der Waals surface area contributed by atoms with E-state index >= 15 is 0 Å². The zero-order valence-corrected chi connectivity index (χ0v) is 11.8. The topological polar surface area (TPSA) is 69.6 Å². The highest BCUT2D eigenvalue weighted by atomic mass is 16.4. The summed E-state index contributed by atoms with van der Waals surface area (Å²) < 4.78 is 0. The van der Waals surface area contributed by atoms with Crippen molar-refractivity contribution >= 4 is 11.9 Å². The quantitative estimate of drug-likeness (QED) is 0.804. The number of rotatable bonds is 3. The van der Waals surface area contributed by atoms with Gasteiger partial charge in [-0.15, -0.1) is 0 Å². The molecule has 2 N–H and O–H groups in total. The Labute approximate surface area is 114 Å². The van der Waals surface area contributed by atoms with Crippen LogP contribution >= 0.6 is 0 Å². The summed E-state index contributed by atoms with van der Waals surface area (Å²) in [6.45, 7) is 6.38. The molecule has 0 radical (unpaired) electrons. The van der Waals surface area contributed by atoms with Gasteiger partial charge in [-0.3, -0.25) is 4.79 Å². The molecule has 0 aliphatic carbocycles. The summed E-state index contributed by atoms with van der Waals surface area (Å²) in [6.07, 6.45) is 3.50. The van der Waals surface area contributed by atoms with Crippen LogP contribution in [0.2, 0.25) is 0 Å². The molecule has 1 amide bonds. The highest BCUT2D eigenvalue weighted by Crippen LogP contribution is 2.35. The second-order valence-corrected chi connectivity index (χ2v) is 6.26. The predicted octanol–water partition coefficient (Wildman–Crippen LogP) is 1.09. The van der Waals surface area contributed by atoms with E-state index in [0.717, 1.165) is 32.4 Å². The monoisotopic (exact) mass is 268 g/mol. The number of carbonyl (C=O) groups excluding carboxylic acids is 1. The number of aliphatic carboxylic acids is 1. The van der Waals surface area contributed by atoms with Crippen molar-refractivity contribution in [2.75, 3.05) is 19.6 Å². The van der Waals surface area contributed by atoms with Crippen molar-refractivity contribution in [2.24, 2.45) is 11.3 Å². The van der Waals surface area contributed by atoms with Crippen LogP contribution in [0.4, 0.5) is 0 Å². The molecule has 108 valence electrons. The van der Waals surface area contributed by atoms with Crippen molar-refractivity contribution in [1.82, 2.24) is 10.2 Å². The molecule has 19 heavy (non-hydrogen) atoms. The largest absolute Gasteiger partial charge is 0.480 e. The van der Waals surface area contributed by atoms with Crippen molar-refractivity contribution in [3.63, 3.8) is 0 Å². The SMILES string of the molecule is CC(C)(C(=O)N1CCCC1C(=O)O)C1CCCNC1. The Kier molecular flexibility index (Phi) is 4.13. The molecule has 0 aromatic carbocycles. The van der Waals surface area contributed by atoms with Crippen molar-refractivity contribution in [1.29, 1.82) is 0 Å². The molecule has 2 fully saturated rings. The number of carboxylic acid groups (broad SMARTS) is 1. The zero-order valence-electron chi connectivity index (χ0n) is 11.8. The summed E-state index contributed by atoms with van der Waals surface area (Å²) in [6, 6.07) is -0.622. The molecule has 2 saturated heterocycles. The molecule has 2 heterocycles. The number of carbonyl (C=O) groups is 2. The molecule has 0 spiro atoms. The van der Waals surface area contributed by atoms with Gasteiger partial charge in [0.1, 0.15) is 6.04 Å². The van der Waals surface area contributed by atoms with E-state index in [-0.39, 0.29) is 5.91 Å². The maximum atomic E-state index is 12.7. The summed E-state index contributed by atoms with van der Waals surface area (Å²) in [4.78, 5) is 25.5. The number of piperidine rings is 1. The van der Waals surface area contributed by atoms with E-state index in [1.54, 1.807) is 4.90 Å². The number of hydrogen-bond acceptors (Lipinski definition) is 3. The molecule has 5 heteroatoms. The van der Waals surface area contributed by atoms with Gasteiger partial charge < -0.3 is 15.3 Å². The second-order valence-electron chi connectivity index (χ2n) is 6.26. The lowest BCUT2D eigenvalue weighted by Crippen LogP contribution is -2.51. The van der Waals surface area contributed by atoms with Gasteiger partial charge in [-0.05, 0) is 44.7 Å². The molecule has 0 aromatic rings. The summed E-state index contributed by atoms with van der Waals surface area (Å²) in [7, 11) is 0. The smallest absolute Gasteiger partial charge is 0.326 e. The van der Waals surface area contributed by atoms with Gasteiger partial charge in [-0.2, -0.15) is 0 Å². The van der Waals surface area contributed by atoms with E-state index in [1.165, 1.54) is 0 Å². The van der Waals surface area contributed by atoms with Crippen LogP contribution in [0.15, 0.2) is 0 Å². The molecule has 2 rings (SSSR count). The van der Waals surface area contributed by atoms with Gasteiger partial charge in [0.2, 0.25) is 5.91 Å². The minimum Gasteiger partial charge on any atom is -0.480 e. The summed E-state index contributed by atoms with van der Waals surface area (Å²) in [5, 5.41) is 12.5. The Morgan fingerprint density at radius 3 is 2.58 bits per heavy atom. The first kappa shape index (κ1) is 14.3. The Hall–Kier alpha value is -1.10.